The van der Waals surface area contributed by atoms with Crippen molar-refractivity contribution >= 4 is 5.69 Å². The number of phenolic OH excluding ortho intramolecular Hbond substituents is 1. The maximum Gasteiger partial charge on any atom is 0.161 e. The van der Waals surface area contributed by atoms with E-state index in [4.69, 9.17) is 9.84 Å². The van der Waals surface area contributed by atoms with Crippen LogP contribution in [0.2, 0.25) is 0 Å². The highest BCUT2D eigenvalue weighted by Gasteiger charge is 2.03. The number of hydrogen-bond acceptors (Lipinski definition) is 4. The van der Waals surface area contributed by atoms with Gasteiger partial charge in [-0.1, -0.05) is 18.2 Å². The van der Waals surface area contributed by atoms with E-state index in [1.54, 1.807) is 6.07 Å². The molecule has 0 amide bonds. The summed E-state index contributed by atoms with van der Waals surface area (Å²) in [4.78, 5) is 0. The van der Waals surface area contributed by atoms with Crippen LogP contribution in [0.5, 0.6) is 11.5 Å². The van der Waals surface area contributed by atoms with Crippen LogP contribution in [0.25, 0.3) is 0 Å². The largest absolute Gasteiger partial charge is 0.504 e. The molecule has 20 heavy (non-hydrogen) atoms. The number of aliphatic hydroxyl groups is 1. The third-order valence-electron chi connectivity index (χ3n) is 2.96. The molecule has 0 spiro atoms. The minimum absolute atomic E-state index is 0.0515. The Bertz CT molecular complexity index is 552. The number of nitrogens with one attached hydrogen (secondary N) is 1. The van der Waals surface area contributed by atoms with Crippen molar-refractivity contribution in [3.05, 3.63) is 53.6 Å². The van der Waals surface area contributed by atoms with E-state index in [0.717, 1.165) is 16.8 Å². The van der Waals surface area contributed by atoms with Crippen molar-refractivity contribution in [1.29, 1.82) is 0 Å². The molecule has 4 nitrogen and oxygen atoms in total. The third kappa shape index (κ3) is 3.65. The van der Waals surface area contributed by atoms with Crippen LogP contribution in [-0.2, 0) is 13.2 Å². The second kappa shape index (κ2) is 6.82. The van der Waals surface area contributed by atoms with Crippen molar-refractivity contribution in [3.8, 4) is 11.5 Å². The fourth-order valence-corrected chi connectivity index (χ4v) is 1.87. The van der Waals surface area contributed by atoms with E-state index < -0.39 is 0 Å². The van der Waals surface area contributed by atoms with E-state index in [0.29, 0.717) is 18.9 Å². The molecule has 4 heteroatoms. The second-order valence-corrected chi connectivity index (χ2v) is 4.44. The average Bonchev–Trinajstić information content (AvgIpc) is 2.49. The molecule has 0 fully saturated rings. The number of ether oxygens (including phenoxy) is 1. The van der Waals surface area contributed by atoms with Gasteiger partial charge in [-0.3, -0.25) is 0 Å². The number of benzene rings is 2. The zero-order chi connectivity index (χ0) is 14.4. The van der Waals surface area contributed by atoms with E-state index in [1.807, 2.05) is 43.3 Å². The first-order chi connectivity index (χ1) is 9.72. The van der Waals surface area contributed by atoms with Gasteiger partial charge in [-0.05, 0) is 42.3 Å². The smallest absolute Gasteiger partial charge is 0.161 e. The summed E-state index contributed by atoms with van der Waals surface area (Å²) in [6.45, 7) is 3.09. The molecule has 0 unspecified atom stereocenters. The summed E-state index contributed by atoms with van der Waals surface area (Å²) in [5.74, 6) is 0.658. The Kier molecular flexibility index (Phi) is 4.85. The van der Waals surface area contributed by atoms with Crippen LogP contribution < -0.4 is 10.1 Å². The lowest BCUT2D eigenvalue weighted by atomic mass is 10.2. The molecule has 2 rings (SSSR count). The average molecular weight is 273 g/mol. The lowest BCUT2D eigenvalue weighted by molar-refractivity contribution is 0.282. The standard InChI is InChI=1S/C16H19NO3/c1-2-20-16-9-13(5-8-15(16)19)10-17-14-6-3-12(11-18)4-7-14/h3-9,17-19H,2,10-11H2,1H3. The normalized spacial score (nSPS) is 10.3. The van der Waals surface area contributed by atoms with Crippen LogP contribution in [0, 0.1) is 0 Å². The van der Waals surface area contributed by atoms with Crippen LogP contribution in [0.3, 0.4) is 0 Å². The molecule has 0 heterocycles. The number of phenols is 1. The summed E-state index contributed by atoms with van der Waals surface area (Å²) in [5.41, 5.74) is 2.89. The number of anilines is 1. The van der Waals surface area contributed by atoms with Gasteiger partial charge in [0.05, 0.1) is 13.2 Å². The molecule has 106 valence electrons. The molecular formula is C16H19NO3. The van der Waals surface area contributed by atoms with Crippen molar-refractivity contribution in [3.63, 3.8) is 0 Å². The zero-order valence-corrected chi connectivity index (χ0v) is 11.5. The molecule has 0 radical (unpaired) electrons. The summed E-state index contributed by atoms with van der Waals surface area (Å²) in [7, 11) is 0. The van der Waals surface area contributed by atoms with Gasteiger partial charge < -0.3 is 20.3 Å². The molecule has 2 aromatic rings. The van der Waals surface area contributed by atoms with Crippen molar-refractivity contribution in [2.45, 2.75) is 20.1 Å². The van der Waals surface area contributed by atoms with Gasteiger partial charge in [0, 0.05) is 12.2 Å². The molecule has 0 aliphatic carbocycles. The van der Waals surface area contributed by atoms with Crippen molar-refractivity contribution < 1.29 is 14.9 Å². The SMILES string of the molecule is CCOc1cc(CNc2ccc(CO)cc2)ccc1O. The van der Waals surface area contributed by atoms with Crippen LogP contribution in [-0.4, -0.2) is 16.8 Å². The monoisotopic (exact) mass is 273 g/mol. The molecular weight excluding hydrogens is 254 g/mol. The van der Waals surface area contributed by atoms with Crippen molar-refractivity contribution in [2.75, 3.05) is 11.9 Å². The number of rotatable bonds is 6. The number of aliphatic hydroxyl groups excluding tert-OH is 1. The molecule has 0 aliphatic heterocycles. The van der Waals surface area contributed by atoms with E-state index in [9.17, 15) is 5.11 Å². The van der Waals surface area contributed by atoms with Gasteiger partial charge in [-0.25, -0.2) is 0 Å². The minimum atomic E-state index is 0.0515. The first-order valence-corrected chi connectivity index (χ1v) is 6.61. The van der Waals surface area contributed by atoms with E-state index in [-0.39, 0.29) is 12.4 Å². The van der Waals surface area contributed by atoms with Gasteiger partial charge in [0.15, 0.2) is 11.5 Å². The number of aromatic hydroxyl groups is 1. The highest BCUT2D eigenvalue weighted by molar-refractivity contribution is 5.47. The first kappa shape index (κ1) is 14.2. The third-order valence-corrected chi connectivity index (χ3v) is 2.96. The summed E-state index contributed by atoms with van der Waals surface area (Å²) in [6, 6.07) is 12.9. The van der Waals surface area contributed by atoms with E-state index >= 15 is 0 Å². The fourth-order valence-electron chi connectivity index (χ4n) is 1.87. The van der Waals surface area contributed by atoms with Crippen LogP contribution in [0.15, 0.2) is 42.5 Å². The maximum absolute atomic E-state index is 9.64. The van der Waals surface area contributed by atoms with Crippen LogP contribution in [0.1, 0.15) is 18.1 Å². The zero-order valence-electron chi connectivity index (χ0n) is 11.5. The van der Waals surface area contributed by atoms with E-state index in [1.165, 1.54) is 0 Å². The van der Waals surface area contributed by atoms with Gasteiger partial charge >= 0.3 is 0 Å². The topological polar surface area (TPSA) is 61.7 Å². The molecule has 3 N–H and O–H groups in total. The van der Waals surface area contributed by atoms with Crippen LogP contribution >= 0.6 is 0 Å². The molecule has 0 aromatic heterocycles. The Morgan fingerprint density at radius 3 is 2.40 bits per heavy atom. The molecule has 0 atom stereocenters. The predicted octanol–water partition coefficient (Wildman–Crippen LogP) is 2.90. The van der Waals surface area contributed by atoms with Gasteiger partial charge in [0.1, 0.15) is 0 Å². The molecule has 0 saturated heterocycles. The predicted molar refractivity (Wildman–Crippen MR) is 79.0 cm³/mol. The van der Waals surface area contributed by atoms with Gasteiger partial charge in [-0.2, -0.15) is 0 Å². The lowest BCUT2D eigenvalue weighted by Crippen LogP contribution is -2.00. The summed E-state index contributed by atoms with van der Waals surface area (Å²) >= 11 is 0. The fraction of sp³-hybridized carbons (Fsp3) is 0.250. The van der Waals surface area contributed by atoms with E-state index in [2.05, 4.69) is 5.32 Å². The Hall–Kier alpha value is -2.20. The maximum atomic E-state index is 9.64. The summed E-state index contributed by atoms with van der Waals surface area (Å²) in [5, 5.41) is 21.9. The van der Waals surface area contributed by atoms with Crippen LogP contribution in [0.4, 0.5) is 5.69 Å². The highest BCUT2D eigenvalue weighted by atomic mass is 16.5. The Balaban J connectivity index is 2.00. The molecule has 0 aliphatic rings. The summed E-state index contributed by atoms with van der Waals surface area (Å²) in [6.07, 6.45) is 0. The molecule has 0 bridgehead atoms. The quantitative estimate of drug-likeness (QED) is 0.757. The second-order valence-electron chi connectivity index (χ2n) is 4.44. The molecule has 2 aromatic carbocycles. The van der Waals surface area contributed by atoms with Crippen molar-refractivity contribution in [1.82, 2.24) is 0 Å². The summed E-state index contributed by atoms with van der Waals surface area (Å²) < 4.78 is 5.35. The Morgan fingerprint density at radius 1 is 1.05 bits per heavy atom. The van der Waals surface area contributed by atoms with Gasteiger partial charge in [-0.15, -0.1) is 0 Å². The lowest BCUT2D eigenvalue weighted by Gasteiger charge is -2.10. The van der Waals surface area contributed by atoms with Gasteiger partial charge in [0.2, 0.25) is 0 Å². The Labute approximate surface area is 118 Å². The Morgan fingerprint density at radius 2 is 1.75 bits per heavy atom. The van der Waals surface area contributed by atoms with Crippen molar-refractivity contribution in [2.24, 2.45) is 0 Å². The highest BCUT2D eigenvalue weighted by Crippen LogP contribution is 2.27. The first-order valence-electron chi connectivity index (χ1n) is 6.61. The van der Waals surface area contributed by atoms with Gasteiger partial charge in [0.25, 0.3) is 0 Å². The molecule has 0 saturated carbocycles. The number of hydrogen-bond donors (Lipinski definition) is 3. The minimum Gasteiger partial charge on any atom is -0.504 e.